The van der Waals surface area contributed by atoms with Gasteiger partial charge in [0.2, 0.25) is 11.8 Å². The lowest BCUT2D eigenvalue weighted by Crippen LogP contribution is -2.34. The number of benzene rings is 1. The first-order chi connectivity index (χ1) is 9.86. The van der Waals surface area contributed by atoms with E-state index < -0.39 is 0 Å². The Morgan fingerprint density at radius 2 is 1.95 bits per heavy atom. The second kappa shape index (κ2) is 5.96. The minimum absolute atomic E-state index is 0.308. The van der Waals surface area contributed by atoms with Crippen molar-refractivity contribution >= 4 is 6.29 Å². The van der Waals surface area contributed by atoms with Gasteiger partial charge < -0.3 is 9.21 Å². The van der Waals surface area contributed by atoms with Crippen LogP contribution in [0.5, 0.6) is 0 Å². The van der Waals surface area contributed by atoms with Crippen LogP contribution in [0.1, 0.15) is 24.7 Å². The molecule has 0 radical (unpaired) electrons. The Morgan fingerprint density at radius 1 is 1.20 bits per heavy atom. The van der Waals surface area contributed by atoms with E-state index in [1.807, 2.05) is 30.3 Å². The van der Waals surface area contributed by atoms with Gasteiger partial charge in [-0.15, -0.1) is 10.2 Å². The van der Waals surface area contributed by atoms with Crippen molar-refractivity contribution in [1.29, 1.82) is 0 Å². The summed E-state index contributed by atoms with van der Waals surface area (Å²) in [5.41, 5.74) is 0.949. The Bertz CT molecular complexity index is 560. The zero-order chi connectivity index (χ0) is 13.8. The molecule has 20 heavy (non-hydrogen) atoms. The summed E-state index contributed by atoms with van der Waals surface area (Å²) in [6.45, 7) is 2.34. The molecule has 1 saturated heterocycles. The number of hydrogen-bond donors (Lipinski definition) is 0. The van der Waals surface area contributed by atoms with E-state index >= 15 is 0 Å². The smallest absolute Gasteiger partial charge is 0.247 e. The minimum Gasteiger partial charge on any atom is -0.420 e. The SMILES string of the molecule is O=CCN1CCC(c2nnc(-c3ccccc3)o2)CC1. The van der Waals surface area contributed by atoms with Gasteiger partial charge in [0.05, 0.1) is 6.54 Å². The molecule has 0 amide bonds. The third-order valence-electron chi connectivity index (χ3n) is 3.73. The first-order valence-corrected chi connectivity index (χ1v) is 6.91. The van der Waals surface area contributed by atoms with Crippen molar-refractivity contribution in [2.45, 2.75) is 18.8 Å². The predicted octanol–water partition coefficient (Wildman–Crippen LogP) is 2.11. The van der Waals surface area contributed by atoms with Crippen molar-refractivity contribution < 1.29 is 9.21 Å². The first-order valence-electron chi connectivity index (χ1n) is 6.91. The maximum absolute atomic E-state index is 10.5. The van der Waals surface area contributed by atoms with E-state index in [0.717, 1.165) is 43.7 Å². The number of rotatable bonds is 4. The van der Waals surface area contributed by atoms with E-state index in [-0.39, 0.29) is 0 Å². The maximum Gasteiger partial charge on any atom is 0.247 e. The number of likely N-dealkylation sites (tertiary alicyclic amines) is 1. The van der Waals surface area contributed by atoms with Gasteiger partial charge in [-0.05, 0) is 38.1 Å². The van der Waals surface area contributed by atoms with Crippen LogP contribution in [0.3, 0.4) is 0 Å². The second-order valence-corrected chi connectivity index (χ2v) is 5.05. The van der Waals surface area contributed by atoms with Gasteiger partial charge in [-0.3, -0.25) is 4.90 Å². The van der Waals surface area contributed by atoms with E-state index in [0.29, 0.717) is 18.4 Å². The van der Waals surface area contributed by atoms with Crippen LogP contribution in [0.4, 0.5) is 0 Å². The molecule has 0 spiro atoms. The molecule has 1 aliphatic rings. The van der Waals surface area contributed by atoms with Gasteiger partial charge in [-0.2, -0.15) is 0 Å². The number of aromatic nitrogens is 2. The van der Waals surface area contributed by atoms with Crippen LogP contribution < -0.4 is 0 Å². The Morgan fingerprint density at radius 3 is 2.65 bits per heavy atom. The summed E-state index contributed by atoms with van der Waals surface area (Å²) in [7, 11) is 0. The van der Waals surface area contributed by atoms with Crippen molar-refractivity contribution in [2.75, 3.05) is 19.6 Å². The molecule has 1 aliphatic heterocycles. The van der Waals surface area contributed by atoms with Crippen molar-refractivity contribution in [3.8, 4) is 11.5 Å². The molecule has 2 aromatic rings. The Kier molecular flexibility index (Phi) is 3.87. The average molecular weight is 271 g/mol. The van der Waals surface area contributed by atoms with E-state index in [2.05, 4.69) is 15.1 Å². The Hall–Kier alpha value is -2.01. The fourth-order valence-corrected chi connectivity index (χ4v) is 2.56. The van der Waals surface area contributed by atoms with Gasteiger partial charge in [0.15, 0.2) is 0 Å². The highest BCUT2D eigenvalue weighted by Gasteiger charge is 2.24. The molecule has 0 unspecified atom stereocenters. The summed E-state index contributed by atoms with van der Waals surface area (Å²) in [5.74, 6) is 1.60. The summed E-state index contributed by atoms with van der Waals surface area (Å²) in [4.78, 5) is 12.7. The third kappa shape index (κ3) is 2.77. The highest BCUT2D eigenvalue weighted by atomic mass is 16.4. The molecule has 5 heteroatoms. The fourth-order valence-electron chi connectivity index (χ4n) is 2.56. The molecule has 5 nitrogen and oxygen atoms in total. The lowest BCUT2D eigenvalue weighted by atomic mass is 9.97. The van der Waals surface area contributed by atoms with E-state index in [9.17, 15) is 4.79 Å². The molecule has 0 saturated carbocycles. The average Bonchev–Trinajstić information content (AvgIpc) is 2.99. The summed E-state index contributed by atoms with van der Waals surface area (Å²) in [6.07, 6.45) is 2.88. The molecule has 3 rings (SSSR count). The zero-order valence-electron chi connectivity index (χ0n) is 11.2. The Balaban J connectivity index is 1.67. The van der Waals surface area contributed by atoms with Crippen molar-refractivity contribution in [1.82, 2.24) is 15.1 Å². The van der Waals surface area contributed by atoms with Crippen LogP contribution in [0.2, 0.25) is 0 Å². The molecule has 0 N–H and O–H groups in total. The maximum atomic E-state index is 10.5. The molecular formula is C15H17N3O2. The van der Waals surface area contributed by atoms with Crippen molar-refractivity contribution in [3.05, 3.63) is 36.2 Å². The van der Waals surface area contributed by atoms with Gasteiger partial charge in [-0.1, -0.05) is 18.2 Å². The van der Waals surface area contributed by atoms with Crippen LogP contribution in [0, 0.1) is 0 Å². The van der Waals surface area contributed by atoms with Gasteiger partial charge in [-0.25, -0.2) is 0 Å². The van der Waals surface area contributed by atoms with Crippen molar-refractivity contribution in [3.63, 3.8) is 0 Å². The summed E-state index contributed by atoms with van der Waals surface area (Å²) in [6, 6.07) is 9.80. The monoisotopic (exact) mass is 271 g/mol. The molecule has 0 bridgehead atoms. The number of hydrogen-bond acceptors (Lipinski definition) is 5. The number of nitrogens with zero attached hydrogens (tertiary/aromatic N) is 3. The Labute approximate surface area is 117 Å². The van der Waals surface area contributed by atoms with Crippen LogP contribution in [-0.2, 0) is 4.79 Å². The second-order valence-electron chi connectivity index (χ2n) is 5.05. The number of carbonyl (C=O) groups excluding carboxylic acids is 1. The quantitative estimate of drug-likeness (QED) is 0.797. The van der Waals surface area contributed by atoms with Crippen LogP contribution in [-0.4, -0.2) is 41.0 Å². The molecule has 1 aromatic heterocycles. The van der Waals surface area contributed by atoms with E-state index in [1.165, 1.54) is 0 Å². The van der Waals surface area contributed by atoms with Crippen LogP contribution >= 0.6 is 0 Å². The largest absolute Gasteiger partial charge is 0.420 e. The summed E-state index contributed by atoms with van der Waals surface area (Å²) in [5, 5.41) is 8.31. The lowest BCUT2D eigenvalue weighted by molar-refractivity contribution is -0.109. The standard InChI is InChI=1S/C15H17N3O2/c19-11-10-18-8-6-13(7-9-18)15-17-16-14(20-15)12-4-2-1-3-5-12/h1-5,11,13H,6-10H2. The lowest BCUT2D eigenvalue weighted by Gasteiger charge is -2.28. The molecule has 1 aromatic carbocycles. The molecule has 0 aliphatic carbocycles. The van der Waals surface area contributed by atoms with Gasteiger partial charge in [0.1, 0.15) is 6.29 Å². The van der Waals surface area contributed by atoms with Crippen LogP contribution in [0.15, 0.2) is 34.7 Å². The summed E-state index contributed by atoms with van der Waals surface area (Å²) < 4.78 is 5.79. The van der Waals surface area contributed by atoms with Crippen LogP contribution in [0.25, 0.3) is 11.5 Å². The normalized spacial score (nSPS) is 17.2. The van der Waals surface area contributed by atoms with E-state index in [1.54, 1.807) is 0 Å². The third-order valence-corrected chi connectivity index (χ3v) is 3.73. The number of carbonyl (C=O) groups is 1. The first kappa shape index (κ1) is 13.0. The highest BCUT2D eigenvalue weighted by molar-refractivity contribution is 5.52. The molecule has 0 atom stereocenters. The molecular weight excluding hydrogens is 254 g/mol. The zero-order valence-corrected chi connectivity index (χ0v) is 11.2. The predicted molar refractivity (Wildman–Crippen MR) is 74.2 cm³/mol. The van der Waals surface area contributed by atoms with Gasteiger partial charge >= 0.3 is 0 Å². The molecule has 2 heterocycles. The van der Waals surface area contributed by atoms with Gasteiger partial charge in [0, 0.05) is 11.5 Å². The van der Waals surface area contributed by atoms with Crippen molar-refractivity contribution in [2.24, 2.45) is 0 Å². The highest BCUT2D eigenvalue weighted by Crippen LogP contribution is 2.28. The molecule has 104 valence electrons. The minimum atomic E-state index is 0.308. The molecule has 1 fully saturated rings. The number of piperidine rings is 1. The van der Waals surface area contributed by atoms with Gasteiger partial charge in [0.25, 0.3) is 0 Å². The summed E-state index contributed by atoms with van der Waals surface area (Å²) >= 11 is 0. The van der Waals surface area contributed by atoms with E-state index in [4.69, 9.17) is 4.42 Å². The number of aldehydes is 1. The topological polar surface area (TPSA) is 59.2 Å². The fraction of sp³-hybridized carbons (Fsp3) is 0.400.